The van der Waals surface area contributed by atoms with Crippen LogP contribution in [-0.2, 0) is 0 Å². The van der Waals surface area contributed by atoms with Crippen LogP contribution in [0.5, 0.6) is 11.5 Å². The Kier molecular flexibility index (Phi) is 6.31. The van der Waals surface area contributed by atoms with E-state index in [1.807, 2.05) is 64.6 Å². The zero-order valence-corrected chi connectivity index (χ0v) is 17.1. The van der Waals surface area contributed by atoms with Crippen LogP contribution in [0.3, 0.4) is 0 Å². The number of rotatable bonds is 8. The second kappa shape index (κ2) is 8.69. The second-order valence-electron chi connectivity index (χ2n) is 7.05. The Morgan fingerprint density at radius 3 is 1.63 bits per heavy atom. The molecule has 0 fully saturated rings. The fourth-order valence-electron chi connectivity index (χ4n) is 2.69. The SMILES string of the molecule is CN(C)CCOc1ccc2sc3ccc(OCCN(C)C)cc3c(=O)c2c1. The van der Waals surface area contributed by atoms with E-state index in [-0.39, 0.29) is 5.43 Å². The molecule has 0 atom stereocenters. The summed E-state index contributed by atoms with van der Waals surface area (Å²) < 4.78 is 13.5. The van der Waals surface area contributed by atoms with Gasteiger partial charge in [0.1, 0.15) is 24.7 Å². The third-order valence-electron chi connectivity index (χ3n) is 4.23. The normalized spacial score (nSPS) is 11.6. The van der Waals surface area contributed by atoms with Crippen LogP contribution in [0.15, 0.2) is 41.2 Å². The number of likely N-dealkylation sites (N-methyl/N-ethyl adjacent to an activating group) is 2. The summed E-state index contributed by atoms with van der Waals surface area (Å²) in [5.41, 5.74) is 0.0230. The molecule has 0 saturated carbocycles. The summed E-state index contributed by atoms with van der Waals surface area (Å²) in [6.45, 7) is 2.84. The van der Waals surface area contributed by atoms with Gasteiger partial charge in [0.25, 0.3) is 0 Å². The van der Waals surface area contributed by atoms with Gasteiger partial charge in [0.2, 0.25) is 0 Å². The van der Waals surface area contributed by atoms with Gasteiger partial charge in [-0.25, -0.2) is 0 Å². The lowest BCUT2D eigenvalue weighted by Crippen LogP contribution is -2.19. The highest BCUT2D eigenvalue weighted by Gasteiger charge is 2.09. The lowest BCUT2D eigenvalue weighted by Gasteiger charge is -2.12. The predicted molar refractivity (Wildman–Crippen MR) is 114 cm³/mol. The van der Waals surface area contributed by atoms with Crippen molar-refractivity contribution in [2.24, 2.45) is 0 Å². The molecule has 1 heterocycles. The highest BCUT2D eigenvalue weighted by molar-refractivity contribution is 7.24. The summed E-state index contributed by atoms with van der Waals surface area (Å²) in [6.07, 6.45) is 0. The zero-order chi connectivity index (χ0) is 19.4. The number of fused-ring (bicyclic) bond motifs is 2. The largest absolute Gasteiger partial charge is 0.492 e. The van der Waals surface area contributed by atoms with Crippen LogP contribution in [0.2, 0.25) is 0 Å². The fourth-order valence-corrected chi connectivity index (χ4v) is 3.72. The van der Waals surface area contributed by atoms with Gasteiger partial charge in [0.15, 0.2) is 5.43 Å². The first-order valence-electron chi connectivity index (χ1n) is 9.00. The minimum atomic E-state index is 0.0230. The van der Waals surface area contributed by atoms with E-state index in [0.29, 0.717) is 24.0 Å². The molecule has 0 aliphatic rings. The van der Waals surface area contributed by atoms with E-state index in [0.717, 1.165) is 34.0 Å². The Hall–Kier alpha value is -2.15. The number of benzene rings is 2. The molecule has 3 rings (SSSR count). The van der Waals surface area contributed by atoms with Crippen molar-refractivity contribution >= 4 is 31.5 Å². The molecule has 0 saturated heterocycles. The molecule has 0 spiro atoms. The smallest absolute Gasteiger partial charge is 0.196 e. The number of hydrogen-bond acceptors (Lipinski definition) is 6. The van der Waals surface area contributed by atoms with Crippen LogP contribution in [0.4, 0.5) is 0 Å². The maximum atomic E-state index is 13.0. The van der Waals surface area contributed by atoms with Crippen LogP contribution in [0, 0.1) is 0 Å². The fraction of sp³-hybridized carbons (Fsp3) is 0.381. The molecule has 5 nitrogen and oxygen atoms in total. The standard InChI is InChI=1S/C21H26N2O3S/c1-22(2)9-11-25-15-5-7-19-17(13-15)21(24)18-14-16(6-8-20(18)27-19)26-12-10-23(3)4/h5-8,13-14H,9-12H2,1-4H3. The molecule has 0 radical (unpaired) electrons. The average molecular weight is 387 g/mol. The van der Waals surface area contributed by atoms with Gasteiger partial charge in [-0.05, 0) is 64.6 Å². The van der Waals surface area contributed by atoms with Crippen LogP contribution in [-0.4, -0.2) is 64.3 Å². The van der Waals surface area contributed by atoms with Crippen molar-refractivity contribution in [3.05, 3.63) is 46.6 Å². The third kappa shape index (κ3) is 4.97. The maximum absolute atomic E-state index is 13.0. The molecule has 27 heavy (non-hydrogen) atoms. The van der Waals surface area contributed by atoms with Crippen LogP contribution < -0.4 is 14.9 Å². The van der Waals surface area contributed by atoms with E-state index in [4.69, 9.17) is 9.47 Å². The van der Waals surface area contributed by atoms with Gasteiger partial charge >= 0.3 is 0 Å². The molecular formula is C21H26N2O3S. The lowest BCUT2D eigenvalue weighted by molar-refractivity contribution is 0.261. The monoisotopic (exact) mass is 386 g/mol. The van der Waals surface area contributed by atoms with Gasteiger partial charge < -0.3 is 19.3 Å². The molecule has 0 aliphatic carbocycles. The first-order valence-corrected chi connectivity index (χ1v) is 9.81. The molecule has 144 valence electrons. The molecule has 0 N–H and O–H groups in total. The minimum absolute atomic E-state index is 0.0230. The summed E-state index contributed by atoms with van der Waals surface area (Å²) in [6, 6.07) is 11.5. The first kappa shape index (κ1) is 19.6. The highest BCUT2D eigenvalue weighted by atomic mass is 32.1. The van der Waals surface area contributed by atoms with Crippen molar-refractivity contribution in [2.75, 3.05) is 54.5 Å². The van der Waals surface area contributed by atoms with Crippen molar-refractivity contribution in [3.8, 4) is 11.5 Å². The van der Waals surface area contributed by atoms with Crippen LogP contribution >= 0.6 is 11.3 Å². The highest BCUT2D eigenvalue weighted by Crippen LogP contribution is 2.29. The molecule has 0 unspecified atom stereocenters. The second-order valence-corrected chi connectivity index (χ2v) is 8.13. The van der Waals surface area contributed by atoms with E-state index in [2.05, 4.69) is 9.80 Å². The quantitative estimate of drug-likeness (QED) is 0.556. The number of hydrogen-bond donors (Lipinski definition) is 0. The Labute approximate surface area is 163 Å². The molecule has 0 amide bonds. The van der Waals surface area contributed by atoms with E-state index in [1.54, 1.807) is 11.3 Å². The minimum Gasteiger partial charge on any atom is -0.492 e. The first-order chi connectivity index (χ1) is 12.9. The summed E-state index contributed by atoms with van der Waals surface area (Å²) in [5.74, 6) is 1.46. The number of nitrogens with zero attached hydrogens (tertiary/aromatic N) is 2. The number of ether oxygens (including phenoxy) is 2. The van der Waals surface area contributed by atoms with Crippen LogP contribution in [0.1, 0.15) is 0 Å². The molecule has 1 aromatic heterocycles. The molecule has 0 bridgehead atoms. The molecular weight excluding hydrogens is 360 g/mol. The predicted octanol–water partition coefficient (Wildman–Crippen LogP) is 3.30. The summed E-state index contributed by atoms with van der Waals surface area (Å²) in [5, 5.41) is 1.39. The Morgan fingerprint density at radius 1 is 0.778 bits per heavy atom. The van der Waals surface area contributed by atoms with Gasteiger partial charge in [0.05, 0.1) is 0 Å². The van der Waals surface area contributed by atoms with Gasteiger partial charge in [-0.1, -0.05) is 0 Å². The Balaban J connectivity index is 1.90. The van der Waals surface area contributed by atoms with Gasteiger partial charge in [0, 0.05) is 33.3 Å². The van der Waals surface area contributed by atoms with Crippen molar-refractivity contribution in [1.29, 1.82) is 0 Å². The van der Waals surface area contributed by atoms with E-state index in [9.17, 15) is 4.79 Å². The topological polar surface area (TPSA) is 42.0 Å². The third-order valence-corrected chi connectivity index (χ3v) is 5.38. The molecule has 0 aliphatic heterocycles. The lowest BCUT2D eigenvalue weighted by atomic mass is 10.1. The van der Waals surface area contributed by atoms with E-state index in [1.165, 1.54) is 0 Å². The zero-order valence-electron chi connectivity index (χ0n) is 16.3. The van der Waals surface area contributed by atoms with Gasteiger partial charge in [-0.2, -0.15) is 0 Å². The summed E-state index contributed by atoms with van der Waals surface area (Å²) in [4.78, 5) is 17.2. The Bertz CT molecular complexity index is 907. The van der Waals surface area contributed by atoms with Crippen LogP contribution in [0.25, 0.3) is 20.2 Å². The van der Waals surface area contributed by atoms with Crippen molar-refractivity contribution in [3.63, 3.8) is 0 Å². The van der Waals surface area contributed by atoms with E-state index >= 15 is 0 Å². The maximum Gasteiger partial charge on any atom is 0.196 e. The summed E-state index contributed by atoms with van der Waals surface area (Å²) in [7, 11) is 8.02. The van der Waals surface area contributed by atoms with Crippen molar-refractivity contribution in [2.45, 2.75) is 0 Å². The molecule has 3 aromatic rings. The van der Waals surface area contributed by atoms with Crippen molar-refractivity contribution < 1.29 is 9.47 Å². The Morgan fingerprint density at radius 2 is 1.22 bits per heavy atom. The molecule has 6 heteroatoms. The van der Waals surface area contributed by atoms with Crippen molar-refractivity contribution in [1.82, 2.24) is 9.80 Å². The summed E-state index contributed by atoms with van der Waals surface area (Å²) >= 11 is 1.61. The average Bonchev–Trinajstić information content (AvgIpc) is 2.62. The molecule has 2 aromatic carbocycles. The van der Waals surface area contributed by atoms with Gasteiger partial charge in [-0.15, -0.1) is 11.3 Å². The van der Waals surface area contributed by atoms with Gasteiger partial charge in [-0.3, -0.25) is 4.79 Å². The van der Waals surface area contributed by atoms with E-state index < -0.39 is 0 Å².